The third-order valence-electron chi connectivity index (χ3n) is 1.46. The summed E-state index contributed by atoms with van der Waals surface area (Å²) in [5, 5.41) is 10.4. The first-order valence-electron chi connectivity index (χ1n) is 3.61. The molecule has 6 nitrogen and oxygen atoms in total. The van der Waals surface area contributed by atoms with Crippen LogP contribution in [-0.4, -0.2) is 13.3 Å². The molecular formula is C7H7NO5S. The summed E-state index contributed by atoms with van der Waals surface area (Å²) in [7, 11) is -3.24. The highest BCUT2D eigenvalue weighted by molar-refractivity contribution is 7.67. The van der Waals surface area contributed by atoms with E-state index in [9.17, 15) is 18.5 Å². The molecule has 0 aliphatic heterocycles. The molecule has 1 aromatic carbocycles. The van der Waals surface area contributed by atoms with Gasteiger partial charge in [0.15, 0.2) is 0 Å². The average Bonchev–Trinajstić information content (AvgIpc) is 2.15. The van der Waals surface area contributed by atoms with Crippen LogP contribution in [0.4, 0.5) is 0 Å². The molecule has 0 amide bonds. The molecule has 0 saturated carbocycles. The highest BCUT2D eigenvalue weighted by atomic mass is 32.2. The lowest BCUT2D eigenvalue weighted by molar-refractivity contribution is -0.569. The van der Waals surface area contributed by atoms with Gasteiger partial charge in [0.25, 0.3) is 11.0 Å². The Kier molecular flexibility index (Phi) is 3.55. The molecule has 0 aromatic heterocycles. The van der Waals surface area contributed by atoms with Gasteiger partial charge in [-0.25, -0.2) is 8.42 Å². The van der Waals surface area contributed by atoms with Crippen molar-refractivity contribution >= 4 is 11.0 Å². The van der Waals surface area contributed by atoms with E-state index >= 15 is 0 Å². The van der Waals surface area contributed by atoms with Gasteiger partial charge in [-0.05, 0) is 12.1 Å². The van der Waals surface area contributed by atoms with E-state index in [2.05, 4.69) is 4.18 Å². The Bertz CT molecular complexity index is 380. The van der Waals surface area contributed by atoms with Crippen LogP contribution >= 0.6 is 0 Å². The number of nitrogens with zero attached hydrogens (tertiary/aromatic N) is 1. The second-order valence-electron chi connectivity index (χ2n) is 2.38. The summed E-state index contributed by atoms with van der Waals surface area (Å²) < 4.78 is 24.5. The zero-order valence-corrected chi connectivity index (χ0v) is 7.79. The van der Waals surface area contributed by atoms with E-state index in [1.807, 2.05) is 0 Å². The van der Waals surface area contributed by atoms with Gasteiger partial charge in [0.2, 0.25) is 0 Å². The minimum Gasteiger partial charge on any atom is -0.261 e. The first-order chi connectivity index (χ1) is 6.61. The summed E-state index contributed by atoms with van der Waals surface area (Å²) in [5.41, 5.74) is 0.191. The molecule has 0 N–H and O–H groups in total. The highest BCUT2D eigenvalue weighted by Gasteiger charge is 2.24. The Balaban J connectivity index is 2.94. The molecule has 0 fully saturated rings. The van der Waals surface area contributed by atoms with E-state index in [0.29, 0.717) is 0 Å². The van der Waals surface area contributed by atoms with Crippen LogP contribution in [0.25, 0.3) is 0 Å². The Morgan fingerprint density at radius 3 is 2.29 bits per heavy atom. The standard InChI is InChI=1S/C7H7NO5S/c9-8(10)7(13-14(11)12)6-4-2-1-3-5-6/h1-5,7,14H. The van der Waals surface area contributed by atoms with Crippen molar-refractivity contribution < 1.29 is 17.5 Å². The first-order valence-corrected chi connectivity index (χ1v) is 4.70. The molecule has 0 radical (unpaired) electrons. The molecule has 14 heavy (non-hydrogen) atoms. The smallest absolute Gasteiger partial charge is 0.261 e. The number of hydrogen-bond donors (Lipinski definition) is 1. The Hall–Kier alpha value is -1.47. The molecule has 1 aromatic rings. The molecule has 7 heteroatoms. The van der Waals surface area contributed by atoms with E-state index in [0.717, 1.165) is 0 Å². The molecule has 0 bridgehead atoms. The largest absolute Gasteiger partial charge is 0.355 e. The molecule has 1 rings (SSSR count). The Morgan fingerprint density at radius 1 is 1.29 bits per heavy atom. The quantitative estimate of drug-likeness (QED) is 0.343. The molecule has 0 aliphatic rings. The van der Waals surface area contributed by atoms with Crippen LogP contribution in [0.1, 0.15) is 11.8 Å². The molecule has 1 unspecified atom stereocenters. The van der Waals surface area contributed by atoms with Gasteiger partial charge in [0, 0.05) is 0 Å². The first kappa shape index (κ1) is 10.6. The SMILES string of the molecule is O=[N+]([O-])C(O[SH](=O)=O)c1ccccc1. The zero-order valence-electron chi connectivity index (χ0n) is 6.90. The summed E-state index contributed by atoms with van der Waals surface area (Å²) in [6.07, 6.45) is -1.66. The highest BCUT2D eigenvalue weighted by Crippen LogP contribution is 2.17. The maximum atomic E-state index is 10.4. The van der Waals surface area contributed by atoms with E-state index < -0.39 is 22.1 Å². The Labute approximate surface area is 81.4 Å². The Morgan fingerprint density at radius 2 is 1.86 bits per heavy atom. The van der Waals surface area contributed by atoms with E-state index in [1.165, 1.54) is 12.1 Å². The van der Waals surface area contributed by atoms with Crippen LogP contribution < -0.4 is 0 Å². The molecule has 0 heterocycles. The van der Waals surface area contributed by atoms with Crippen LogP contribution in [0, 0.1) is 10.1 Å². The molecule has 1 atom stereocenters. The maximum Gasteiger partial charge on any atom is 0.355 e. The van der Waals surface area contributed by atoms with Gasteiger partial charge in [-0.3, -0.25) is 10.1 Å². The molecule has 0 spiro atoms. The summed E-state index contributed by atoms with van der Waals surface area (Å²) in [6.45, 7) is 0. The van der Waals surface area contributed by atoms with Crippen molar-refractivity contribution in [2.24, 2.45) is 0 Å². The van der Waals surface area contributed by atoms with Crippen molar-refractivity contribution in [3.05, 3.63) is 46.0 Å². The summed E-state index contributed by atoms with van der Waals surface area (Å²) in [5.74, 6) is 0. The summed E-state index contributed by atoms with van der Waals surface area (Å²) in [4.78, 5) is 9.64. The molecule has 0 saturated heterocycles. The van der Waals surface area contributed by atoms with E-state index in [-0.39, 0.29) is 5.56 Å². The zero-order chi connectivity index (χ0) is 10.6. The third kappa shape index (κ3) is 2.79. The van der Waals surface area contributed by atoms with Crippen LogP contribution in [0.2, 0.25) is 0 Å². The van der Waals surface area contributed by atoms with Gasteiger partial charge in [-0.1, -0.05) is 18.2 Å². The summed E-state index contributed by atoms with van der Waals surface area (Å²) >= 11 is 0. The minimum absolute atomic E-state index is 0.191. The third-order valence-corrected chi connectivity index (χ3v) is 1.83. The van der Waals surface area contributed by atoms with Crippen molar-refractivity contribution in [2.75, 3.05) is 0 Å². The predicted molar refractivity (Wildman–Crippen MR) is 47.6 cm³/mol. The number of rotatable bonds is 4. The number of hydrogen-bond acceptors (Lipinski definition) is 5. The van der Waals surface area contributed by atoms with Crippen LogP contribution in [0.5, 0.6) is 0 Å². The van der Waals surface area contributed by atoms with Gasteiger partial charge in [0.05, 0.1) is 10.5 Å². The fourth-order valence-electron chi connectivity index (χ4n) is 0.920. The van der Waals surface area contributed by atoms with Crippen molar-refractivity contribution in [1.29, 1.82) is 0 Å². The van der Waals surface area contributed by atoms with Crippen LogP contribution in [0.15, 0.2) is 30.3 Å². The van der Waals surface area contributed by atoms with E-state index in [4.69, 9.17) is 0 Å². The number of benzene rings is 1. The summed E-state index contributed by atoms with van der Waals surface area (Å²) in [6, 6.07) is 7.64. The fraction of sp³-hybridized carbons (Fsp3) is 0.143. The molecular weight excluding hydrogens is 210 g/mol. The average molecular weight is 217 g/mol. The van der Waals surface area contributed by atoms with Gasteiger partial charge >= 0.3 is 6.23 Å². The van der Waals surface area contributed by atoms with Gasteiger partial charge in [0.1, 0.15) is 0 Å². The second-order valence-corrected chi connectivity index (χ2v) is 3.04. The normalized spacial score (nSPS) is 12.6. The monoisotopic (exact) mass is 217 g/mol. The van der Waals surface area contributed by atoms with E-state index in [1.54, 1.807) is 18.2 Å². The maximum absolute atomic E-state index is 10.4. The van der Waals surface area contributed by atoms with Gasteiger partial charge in [-0.15, -0.1) is 0 Å². The molecule has 0 aliphatic carbocycles. The van der Waals surface area contributed by atoms with Crippen LogP contribution in [-0.2, 0) is 15.2 Å². The minimum atomic E-state index is -3.24. The number of thiol groups is 1. The van der Waals surface area contributed by atoms with Crippen molar-refractivity contribution in [3.63, 3.8) is 0 Å². The van der Waals surface area contributed by atoms with Crippen molar-refractivity contribution in [3.8, 4) is 0 Å². The number of nitro groups is 1. The lowest BCUT2D eigenvalue weighted by Gasteiger charge is -2.04. The van der Waals surface area contributed by atoms with Gasteiger partial charge < -0.3 is 0 Å². The van der Waals surface area contributed by atoms with Gasteiger partial charge in [-0.2, -0.15) is 4.18 Å². The predicted octanol–water partition coefficient (Wildman–Crippen LogP) is 0.505. The lowest BCUT2D eigenvalue weighted by Crippen LogP contribution is -2.13. The van der Waals surface area contributed by atoms with Crippen LogP contribution in [0.3, 0.4) is 0 Å². The van der Waals surface area contributed by atoms with Crippen molar-refractivity contribution in [2.45, 2.75) is 6.23 Å². The molecule has 76 valence electrons. The topological polar surface area (TPSA) is 86.5 Å². The lowest BCUT2D eigenvalue weighted by atomic mass is 10.2. The fourth-order valence-corrected chi connectivity index (χ4v) is 1.28. The second kappa shape index (κ2) is 4.68. The van der Waals surface area contributed by atoms with Crippen molar-refractivity contribution in [1.82, 2.24) is 0 Å².